The van der Waals surface area contributed by atoms with Gasteiger partial charge < -0.3 is 16.0 Å². The molecule has 0 spiro atoms. The van der Waals surface area contributed by atoms with Gasteiger partial charge in [-0.3, -0.25) is 0 Å². The normalized spacial score (nSPS) is 14.8. The van der Waals surface area contributed by atoms with Crippen LogP contribution in [0.2, 0.25) is 0 Å². The standard InChI is InChI=1S/C9H23N3/c1-6-7-8(10-3)9(2,11-4)12-5/h8,10-12H,6-7H2,1-5H3. The Balaban J connectivity index is 4.21. The van der Waals surface area contributed by atoms with E-state index in [2.05, 4.69) is 29.8 Å². The summed E-state index contributed by atoms with van der Waals surface area (Å²) in [4.78, 5) is 0. The van der Waals surface area contributed by atoms with E-state index < -0.39 is 0 Å². The molecule has 0 fully saturated rings. The maximum absolute atomic E-state index is 3.32. The number of rotatable bonds is 6. The third-order valence-electron chi connectivity index (χ3n) is 2.66. The molecular formula is C9H23N3. The lowest BCUT2D eigenvalue weighted by molar-refractivity contribution is 0.227. The summed E-state index contributed by atoms with van der Waals surface area (Å²) in [7, 11) is 5.97. The Morgan fingerprint density at radius 3 is 1.92 bits per heavy atom. The molecule has 0 radical (unpaired) electrons. The minimum atomic E-state index is -0.00917. The highest BCUT2D eigenvalue weighted by Gasteiger charge is 2.28. The van der Waals surface area contributed by atoms with Crippen molar-refractivity contribution in [3.05, 3.63) is 0 Å². The Labute approximate surface area is 76.3 Å². The van der Waals surface area contributed by atoms with Crippen molar-refractivity contribution in [1.29, 1.82) is 0 Å². The minimum absolute atomic E-state index is 0.00917. The van der Waals surface area contributed by atoms with E-state index in [0.717, 1.165) is 0 Å². The van der Waals surface area contributed by atoms with Gasteiger partial charge >= 0.3 is 0 Å². The highest BCUT2D eigenvalue weighted by atomic mass is 15.2. The fraction of sp³-hybridized carbons (Fsp3) is 1.00. The van der Waals surface area contributed by atoms with Crippen LogP contribution in [0.4, 0.5) is 0 Å². The van der Waals surface area contributed by atoms with Gasteiger partial charge in [-0.2, -0.15) is 0 Å². The van der Waals surface area contributed by atoms with Crippen molar-refractivity contribution in [2.24, 2.45) is 0 Å². The van der Waals surface area contributed by atoms with E-state index in [4.69, 9.17) is 0 Å². The molecule has 0 aliphatic heterocycles. The molecule has 1 unspecified atom stereocenters. The molecule has 12 heavy (non-hydrogen) atoms. The van der Waals surface area contributed by atoms with Gasteiger partial charge in [-0.15, -0.1) is 0 Å². The summed E-state index contributed by atoms with van der Waals surface area (Å²) < 4.78 is 0. The molecule has 0 aliphatic rings. The molecule has 0 heterocycles. The molecule has 0 amide bonds. The largest absolute Gasteiger partial charge is 0.314 e. The van der Waals surface area contributed by atoms with Crippen LogP contribution in [0.15, 0.2) is 0 Å². The molecule has 0 aromatic heterocycles. The van der Waals surface area contributed by atoms with Gasteiger partial charge in [-0.25, -0.2) is 0 Å². The zero-order valence-electron chi connectivity index (χ0n) is 8.99. The highest BCUT2D eigenvalue weighted by molar-refractivity contribution is 4.89. The molecule has 0 aromatic rings. The summed E-state index contributed by atoms with van der Waals surface area (Å²) in [6.07, 6.45) is 2.37. The van der Waals surface area contributed by atoms with Gasteiger partial charge in [-0.1, -0.05) is 13.3 Å². The monoisotopic (exact) mass is 173 g/mol. The van der Waals surface area contributed by atoms with E-state index in [1.807, 2.05) is 21.1 Å². The fourth-order valence-corrected chi connectivity index (χ4v) is 1.48. The van der Waals surface area contributed by atoms with Gasteiger partial charge in [0.2, 0.25) is 0 Å². The van der Waals surface area contributed by atoms with Crippen molar-refractivity contribution in [3.8, 4) is 0 Å². The summed E-state index contributed by atoms with van der Waals surface area (Å²) >= 11 is 0. The molecule has 1 atom stereocenters. The van der Waals surface area contributed by atoms with Gasteiger partial charge in [0.25, 0.3) is 0 Å². The maximum atomic E-state index is 3.32. The molecule has 0 rings (SSSR count). The van der Waals surface area contributed by atoms with Crippen LogP contribution in [0, 0.1) is 0 Å². The first-order valence-corrected chi connectivity index (χ1v) is 4.69. The molecule has 0 aromatic carbocycles. The summed E-state index contributed by atoms with van der Waals surface area (Å²) in [5.41, 5.74) is -0.00917. The van der Waals surface area contributed by atoms with Crippen LogP contribution in [0.25, 0.3) is 0 Å². The first kappa shape index (κ1) is 11.9. The quantitative estimate of drug-likeness (QED) is 0.513. The lowest BCUT2D eigenvalue weighted by atomic mass is 9.98. The lowest BCUT2D eigenvalue weighted by Gasteiger charge is -2.37. The summed E-state index contributed by atoms with van der Waals surface area (Å²) in [5.74, 6) is 0. The van der Waals surface area contributed by atoms with Crippen molar-refractivity contribution in [2.45, 2.75) is 38.4 Å². The van der Waals surface area contributed by atoms with E-state index in [0.29, 0.717) is 6.04 Å². The second-order valence-electron chi connectivity index (χ2n) is 3.33. The van der Waals surface area contributed by atoms with E-state index in [-0.39, 0.29) is 5.66 Å². The molecule has 3 N–H and O–H groups in total. The van der Waals surface area contributed by atoms with Gasteiger partial charge in [0.15, 0.2) is 0 Å². The van der Waals surface area contributed by atoms with E-state index in [9.17, 15) is 0 Å². The molecule has 3 heteroatoms. The van der Waals surface area contributed by atoms with Crippen LogP contribution < -0.4 is 16.0 Å². The van der Waals surface area contributed by atoms with Crippen molar-refractivity contribution in [2.75, 3.05) is 21.1 Å². The molecule has 0 bridgehead atoms. The fourth-order valence-electron chi connectivity index (χ4n) is 1.48. The summed E-state index contributed by atoms with van der Waals surface area (Å²) in [6, 6.07) is 0.470. The first-order valence-electron chi connectivity index (χ1n) is 4.69. The zero-order valence-corrected chi connectivity index (χ0v) is 8.99. The van der Waals surface area contributed by atoms with E-state index in [1.54, 1.807) is 0 Å². The molecule has 0 saturated heterocycles. The SMILES string of the molecule is CCCC(NC)C(C)(NC)NC. The smallest absolute Gasteiger partial charge is 0.0810 e. The second-order valence-corrected chi connectivity index (χ2v) is 3.33. The van der Waals surface area contributed by atoms with Crippen molar-refractivity contribution < 1.29 is 0 Å². The maximum Gasteiger partial charge on any atom is 0.0810 e. The van der Waals surface area contributed by atoms with Crippen molar-refractivity contribution >= 4 is 0 Å². The van der Waals surface area contributed by atoms with Crippen molar-refractivity contribution in [3.63, 3.8) is 0 Å². The van der Waals surface area contributed by atoms with E-state index >= 15 is 0 Å². The van der Waals surface area contributed by atoms with Gasteiger partial charge in [-0.05, 0) is 34.5 Å². The Morgan fingerprint density at radius 2 is 1.67 bits per heavy atom. The van der Waals surface area contributed by atoms with E-state index in [1.165, 1.54) is 12.8 Å². The summed E-state index contributed by atoms with van der Waals surface area (Å²) in [6.45, 7) is 4.37. The van der Waals surface area contributed by atoms with Crippen LogP contribution in [0.1, 0.15) is 26.7 Å². The Bertz CT molecular complexity index is 110. The molecule has 3 nitrogen and oxygen atoms in total. The van der Waals surface area contributed by atoms with Crippen LogP contribution in [-0.2, 0) is 0 Å². The topological polar surface area (TPSA) is 36.1 Å². The van der Waals surface area contributed by atoms with Crippen LogP contribution in [0.3, 0.4) is 0 Å². The molecular weight excluding hydrogens is 150 g/mol. The second kappa shape index (κ2) is 5.51. The van der Waals surface area contributed by atoms with Gasteiger partial charge in [0.05, 0.1) is 5.66 Å². The third kappa shape index (κ3) is 2.73. The average molecular weight is 173 g/mol. The predicted octanol–water partition coefficient (Wildman–Crippen LogP) is 0.530. The lowest BCUT2D eigenvalue weighted by Crippen LogP contribution is -2.63. The molecule has 74 valence electrons. The third-order valence-corrected chi connectivity index (χ3v) is 2.66. The summed E-state index contributed by atoms with van der Waals surface area (Å²) in [5, 5.41) is 9.90. The molecule has 0 aliphatic carbocycles. The Kier molecular flexibility index (Phi) is 5.46. The first-order chi connectivity index (χ1) is 5.64. The Morgan fingerprint density at radius 1 is 1.17 bits per heavy atom. The highest BCUT2D eigenvalue weighted by Crippen LogP contribution is 2.10. The number of likely N-dealkylation sites (N-methyl/N-ethyl adjacent to an activating group) is 3. The number of hydrogen-bond donors (Lipinski definition) is 3. The Hall–Kier alpha value is -0.120. The zero-order chi connectivity index (χ0) is 9.61. The van der Waals surface area contributed by atoms with Crippen molar-refractivity contribution in [1.82, 2.24) is 16.0 Å². The van der Waals surface area contributed by atoms with Gasteiger partial charge in [0.1, 0.15) is 0 Å². The van der Waals surface area contributed by atoms with Crippen LogP contribution in [-0.4, -0.2) is 32.8 Å². The van der Waals surface area contributed by atoms with Crippen LogP contribution in [0.5, 0.6) is 0 Å². The predicted molar refractivity (Wildman–Crippen MR) is 54.3 cm³/mol. The van der Waals surface area contributed by atoms with Gasteiger partial charge in [0, 0.05) is 6.04 Å². The molecule has 0 saturated carbocycles. The number of nitrogens with one attached hydrogen (secondary N) is 3. The van der Waals surface area contributed by atoms with Crippen LogP contribution >= 0.6 is 0 Å². The number of hydrogen-bond acceptors (Lipinski definition) is 3. The minimum Gasteiger partial charge on any atom is -0.314 e. The average Bonchev–Trinajstić information content (AvgIpc) is 2.13.